The first-order valence-electron chi connectivity index (χ1n) is 5.79. The fourth-order valence-electron chi connectivity index (χ4n) is 1.49. The Morgan fingerprint density at radius 3 is 2.95 bits per heavy atom. The summed E-state index contributed by atoms with van der Waals surface area (Å²) in [7, 11) is 0. The number of benzene rings is 1. The van der Waals surface area contributed by atoms with Gasteiger partial charge in [0.15, 0.2) is 0 Å². The highest BCUT2D eigenvalue weighted by molar-refractivity contribution is 7.99. The Morgan fingerprint density at radius 2 is 2.21 bits per heavy atom. The minimum Gasteiger partial charge on any atom is -0.508 e. The second kappa shape index (κ2) is 6.24. The second-order valence-electron chi connectivity index (χ2n) is 3.68. The van der Waals surface area contributed by atoms with Crippen LogP contribution in [0.2, 0.25) is 0 Å². The van der Waals surface area contributed by atoms with E-state index in [0.29, 0.717) is 17.2 Å². The molecule has 0 fully saturated rings. The summed E-state index contributed by atoms with van der Waals surface area (Å²) in [5.74, 6) is -0.211. The molecule has 0 radical (unpaired) electrons. The lowest BCUT2D eigenvalue weighted by molar-refractivity contribution is 0.0521. The molecule has 0 amide bonds. The molecule has 1 heterocycles. The van der Waals surface area contributed by atoms with Crippen LogP contribution in [0.4, 0.5) is 0 Å². The third-order valence-electron chi connectivity index (χ3n) is 2.30. The summed E-state index contributed by atoms with van der Waals surface area (Å²) in [5.41, 5.74) is 0.428. The van der Waals surface area contributed by atoms with Gasteiger partial charge in [0.05, 0.1) is 12.2 Å². The van der Waals surface area contributed by atoms with Crippen molar-refractivity contribution >= 4 is 17.7 Å². The number of carbonyl (C=O) groups is 1. The van der Waals surface area contributed by atoms with Gasteiger partial charge >= 0.3 is 5.97 Å². The smallest absolute Gasteiger partial charge is 0.340 e. The van der Waals surface area contributed by atoms with E-state index in [1.165, 1.54) is 11.8 Å². The van der Waals surface area contributed by atoms with E-state index < -0.39 is 5.97 Å². The monoisotopic (exact) mass is 275 g/mol. The number of rotatable bonds is 4. The normalized spacial score (nSPS) is 10.2. The maximum absolute atomic E-state index is 11.8. The van der Waals surface area contributed by atoms with Gasteiger partial charge in [-0.25, -0.2) is 9.78 Å². The van der Waals surface area contributed by atoms with E-state index in [0.717, 1.165) is 4.90 Å². The standard InChI is InChI=1S/C14H13NO3S/c1-2-18-14(17)12-7-4-8-15-13(12)19-11-6-3-5-10(16)9-11/h3-9,16H,2H2,1H3. The van der Waals surface area contributed by atoms with Crippen LogP contribution >= 0.6 is 11.8 Å². The third kappa shape index (κ3) is 3.48. The topological polar surface area (TPSA) is 59.4 Å². The van der Waals surface area contributed by atoms with E-state index in [1.54, 1.807) is 43.5 Å². The molecule has 1 N–H and O–H groups in total. The Bertz CT molecular complexity index is 586. The fraction of sp³-hybridized carbons (Fsp3) is 0.143. The van der Waals surface area contributed by atoms with Crippen molar-refractivity contribution < 1.29 is 14.6 Å². The molecule has 4 nitrogen and oxygen atoms in total. The molecule has 98 valence electrons. The van der Waals surface area contributed by atoms with Gasteiger partial charge < -0.3 is 9.84 Å². The van der Waals surface area contributed by atoms with Gasteiger partial charge in [0, 0.05) is 11.1 Å². The first-order chi connectivity index (χ1) is 9.20. The van der Waals surface area contributed by atoms with Crippen LogP contribution in [0.1, 0.15) is 17.3 Å². The fourth-order valence-corrected chi connectivity index (χ4v) is 2.42. The Labute approximate surface area is 115 Å². The molecular formula is C14H13NO3S. The number of ether oxygens (including phenoxy) is 1. The summed E-state index contributed by atoms with van der Waals surface area (Å²) in [5, 5.41) is 9.99. The molecule has 1 aromatic heterocycles. The van der Waals surface area contributed by atoms with Gasteiger partial charge in [0.25, 0.3) is 0 Å². The SMILES string of the molecule is CCOC(=O)c1cccnc1Sc1cccc(O)c1. The zero-order valence-electron chi connectivity index (χ0n) is 10.4. The zero-order chi connectivity index (χ0) is 13.7. The van der Waals surface area contributed by atoms with Crippen molar-refractivity contribution in [2.75, 3.05) is 6.61 Å². The number of aromatic hydroxyl groups is 1. The molecule has 19 heavy (non-hydrogen) atoms. The van der Waals surface area contributed by atoms with E-state index in [-0.39, 0.29) is 5.75 Å². The number of phenols is 1. The van der Waals surface area contributed by atoms with Crippen LogP contribution in [0.5, 0.6) is 5.75 Å². The van der Waals surface area contributed by atoms with Gasteiger partial charge in [-0.05, 0) is 37.3 Å². The van der Waals surface area contributed by atoms with Gasteiger partial charge in [-0.15, -0.1) is 0 Å². The molecule has 0 atom stereocenters. The lowest BCUT2D eigenvalue weighted by Crippen LogP contribution is -2.06. The van der Waals surface area contributed by atoms with E-state index >= 15 is 0 Å². The third-order valence-corrected chi connectivity index (χ3v) is 3.31. The van der Waals surface area contributed by atoms with Gasteiger partial charge in [0.2, 0.25) is 0 Å². The molecule has 0 aliphatic carbocycles. The first-order valence-corrected chi connectivity index (χ1v) is 6.61. The largest absolute Gasteiger partial charge is 0.508 e. The molecular weight excluding hydrogens is 262 g/mol. The van der Waals surface area contributed by atoms with Crippen molar-refractivity contribution in [1.82, 2.24) is 4.98 Å². The van der Waals surface area contributed by atoms with E-state index in [9.17, 15) is 9.90 Å². The van der Waals surface area contributed by atoms with Crippen LogP contribution in [-0.2, 0) is 4.74 Å². The maximum Gasteiger partial charge on any atom is 0.340 e. The van der Waals surface area contributed by atoms with Crippen molar-refractivity contribution in [2.24, 2.45) is 0 Å². The lowest BCUT2D eigenvalue weighted by atomic mass is 10.3. The summed E-state index contributed by atoms with van der Waals surface area (Å²) < 4.78 is 4.99. The Kier molecular flexibility index (Phi) is 4.41. The van der Waals surface area contributed by atoms with Gasteiger partial charge in [0.1, 0.15) is 10.8 Å². The molecule has 2 rings (SSSR count). The number of hydrogen-bond acceptors (Lipinski definition) is 5. The van der Waals surface area contributed by atoms with E-state index in [1.807, 2.05) is 6.07 Å². The molecule has 2 aromatic rings. The van der Waals surface area contributed by atoms with Crippen LogP contribution in [-0.4, -0.2) is 22.7 Å². The number of hydrogen-bond donors (Lipinski definition) is 1. The average Bonchev–Trinajstić information content (AvgIpc) is 2.39. The number of phenolic OH excluding ortho intramolecular Hbond substituents is 1. The number of carbonyl (C=O) groups excluding carboxylic acids is 1. The van der Waals surface area contributed by atoms with Gasteiger partial charge in [-0.3, -0.25) is 0 Å². The van der Waals surface area contributed by atoms with Crippen LogP contribution in [0.15, 0.2) is 52.5 Å². The lowest BCUT2D eigenvalue weighted by Gasteiger charge is -2.07. The summed E-state index contributed by atoms with van der Waals surface area (Å²) in [6, 6.07) is 10.2. The molecule has 0 saturated carbocycles. The Morgan fingerprint density at radius 1 is 1.37 bits per heavy atom. The predicted octanol–water partition coefficient (Wildman–Crippen LogP) is 3.12. The Hall–Kier alpha value is -2.01. The summed E-state index contributed by atoms with van der Waals surface area (Å²) >= 11 is 1.31. The number of pyridine rings is 1. The van der Waals surface area contributed by atoms with Crippen LogP contribution in [0, 0.1) is 0 Å². The molecule has 5 heteroatoms. The van der Waals surface area contributed by atoms with Crippen LogP contribution in [0.3, 0.4) is 0 Å². The number of nitrogens with zero attached hydrogens (tertiary/aromatic N) is 1. The first kappa shape index (κ1) is 13.4. The highest BCUT2D eigenvalue weighted by Gasteiger charge is 2.14. The van der Waals surface area contributed by atoms with Crippen molar-refractivity contribution in [3.05, 3.63) is 48.2 Å². The van der Waals surface area contributed by atoms with Crippen LogP contribution in [0.25, 0.3) is 0 Å². The molecule has 0 spiro atoms. The quantitative estimate of drug-likeness (QED) is 0.869. The zero-order valence-corrected chi connectivity index (χ0v) is 11.2. The molecule has 0 unspecified atom stereocenters. The van der Waals surface area contributed by atoms with Crippen molar-refractivity contribution in [3.63, 3.8) is 0 Å². The Balaban J connectivity index is 2.27. The average molecular weight is 275 g/mol. The highest BCUT2D eigenvalue weighted by atomic mass is 32.2. The van der Waals surface area contributed by atoms with Crippen LogP contribution < -0.4 is 0 Å². The van der Waals surface area contributed by atoms with E-state index in [4.69, 9.17) is 4.74 Å². The minimum atomic E-state index is -0.391. The number of esters is 1. The molecule has 0 aliphatic heterocycles. The van der Waals surface area contributed by atoms with E-state index in [2.05, 4.69) is 4.98 Å². The summed E-state index contributed by atoms with van der Waals surface area (Å²) in [4.78, 5) is 16.8. The molecule has 0 aliphatic rings. The number of aromatic nitrogens is 1. The molecule has 0 bridgehead atoms. The predicted molar refractivity (Wildman–Crippen MR) is 72.4 cm³/mol. The second-order valence-corrected chi connectivity index (χ2v) is 4.74. The maximum atomic E-state index is 11.8. The molecule has 1 aromatic carbocycles. The van der Waals surface area contributed by atoms with Gasteiger partial charge in [-0.1, -0.05) is 17.8 Å². The highest BCUT2D eigenvalue weighted by Crippen LogP contribution is 2.30. The molecule has 0 saturated heterocycles. The minimum absolute atomic E-state index is 0.179. The van der Waals surface area contributed by atoms with Crippen molar-refractivity contribution in [2.45, 2.75) is 16.8 Å². The van der Waals surface area contributed by atoms with Crippen molar-refractivity contribution in [3.8, 4) is 5.75 Å². The van der Waals surface area contributed by atoms with Gasteiger partial charge in [-0.2, -0.15) is 0 Å². The van der Waals surface area contributed by atoms with Crippen molar-refractivity contribution in [1.29, 1.82) is 0 Å². The summed E-state index contributed by atoms with van der Waals surface area (Å²) in [6.45, 7) is 2.08. The summed E-state index contributed by atoms with van der Waals surface area (Å²) in [6.07, 6.45) is 1.62.